The van der Waals surface area contributed by atoms with E-state index in [1.165, 1.54) is 0 Å². The average Bonchev–Trinajstić information content (AvgIpc) is 2.98. The quantitative estimate of drug-likeness (QED) is 0.573. The van der Waals surface area contributed by atoms with Crippen LogP contribution in [0.4, 0.5) is 0 Å². The summed E-state index contributed by atoms with van der Waals surface area (Å²) in [5, 5.41) is 0.136. The van der Waals surface area contributed by atoms with Gasteiger partial charge in [0.2, 0.25) is 0 Å². The number of carbonyl (C=O) groups is 1. The molecule has 3 atom stereocenters. The van der Waals surface area contributed by atoms with Crippen LogP contribution in [0.15, 0.2) is 12.7 Å². The van der Waals surface area contributed by atoms with Gasteiger partial charge in [-0.2, -0.15) is 0 Å². The van der Waals surface area contributed by atoms with Crippen LogP contribution in [0.2, 0.25) is 18.1 Å². The number of hydrogen-bond acceptors (Lipinski definition) is 4. The highest BCUT2D eigenvalue weighted by Crippen LogP contribution is 2.43. The first kappa shape index (κ1) is 17.9. The fourth-order valence-corrected chi connectivity index (χ4v) is 4.34. The molecule has 1 unspecified atom stereocenters. The van der Waals surface area contributed by atoms with E-state index in [0.717, 1.165) is 0 Å². The molecule has 0 aromatic rings. The van der Waals surface area contributed by atoms with E-state index in [2.05, 4.69) is 40.4 Å². The van der Waals surface area contributed by atoms with Crippen LogP contribution >= 0.6 is 0 Å². The van der Waals surface area contributed by atoms with Gasteiger partial charge in [0.15, 0.2) is 14.6 Å². The van der Waals surface area contributed by atoms with Gasteiger partial charge in [0, 0.05) is 24.7 Å². The SMILES string of the molecule is C=C[C@H]1C(O[Si](C)(C)C(C)(C)C)CC(=O)[C@@H]1CC1OCCO1. The second-order valence-corrected chi connectivity index (χ2v) is 12.7. The van der Waals surface area contributed by atoms with Crippen LogP contribution in [0.3, 0.4) is 0 Å². The third kappa shape index (κ3) is 3.70. The summed E-state index contributed by atoms with van der Waals surface area (Å²) in [5.41, 5.74) is 0. The number of hydrogen-bond donors (Lipinski definition) is 0. The smallest absolute Gasteiger partial charge is 0.192 e. The molecule has 0 amide bonds. The van der Waals surface area contributed by atoms with Crippen molar-refractivity contribution in [3.8, 4) is 0 Å². The highest BCUT2D eigenvalue weighted by atomic mass is 28.4. The van der Waals surface area contributed by atoms with E-state index in [0.29, 0.717) is 26.1 Å². The minimum atomic E-state index is -1.89. The molecule has 4 nitrogen and oxygen atoms in total. The first-order chi connectivity index (χ1) is 10.2. The normalized spacial score (nSPS) is 31.0. The van der Waals surface area contributed by atoms with Gasteiger partial charge in [-0.05, 0) is 18.1 Å². The van der Waals surface area contributed by atoms with Crippen LogP contribution in [-0.4, -0.2) is 39.7 Å². The zero-order chi connectivity index (χ0) is 16.5. The second kappa shape index (κ2) is 6.55. The van der Waals surface area contributed by atoms with Gasteiger partial charge in [-0.1, -0.05) is 26.8 Å². The van der Waals surface area contributed by atoms with Crippen molar-refractivity contribution in [3.63, 3.8) is 0 Å². The van der Waals surface area contributed by atoms with Crippen molar-refractivity contribution in [2.24, 2.45) is 11.8 Å². The van der Waals surface area contributed by atoms with Crippen LogP contribution in [0, 0.1) is 11.8 Å². The van der Waals surface area contributed by atoms with Crippen molar-refractivity contribution in [1.82, 2.24) is 0 Å². The average molecular weight is 327 g/mol. The first-order valence-electron chi connectivity index (χ1n) is 8.22. The molecule has 0 aromatic heterocycles. The van der Waals surface area contributed by atoms with E-state index < -0.39 is 8.32 Å². The second-order valence-electron chi connectivity index (χ2n) is 7.91. The molecule has 1 heterocycles. The zero-order valence-electron chi connectivity index (χ0n) is 14.6. The third-order valence-corrected chi connectivity index (χ3v) is 9.88. The lowest BCUT2D eigenvalue weighted by Crippen LogP contribution is -2.45. The fraction of sp³-hybridized carbons (Fsp3) is 0.824. The molecule has 1 aliphatic carbocycles. The van der Waals surface area contributed by atoms with E-state index in [1.54, 1.807) is 0 Å². The number of Topliss-reactive ketones (excluding diaryl/α,β-unsaturated/α-hetero) is 1. The molecule has 0 bridgehead atoms. The van der Waals surface area contributed by atoms with Gasteiger partial charge in [0.05, 0.1) is 19.3 Å². The zero-order valence-corrected chi connectivity index (χ0v) is 15.6. The molecule has 1 aliphatic heterocycles. The Hall–Kier alpha value is -0.493. The van der Waals surface area contributed by atoms with E-state index in [9.17, 15) is 4.79 Å². The molecule has 22 heavy (non-hydrogen) atoms. The van der Waals surface area contributed by atoms with Gasteiger partial charge in [0.1, 0.15) is 5.78 Å². The predicted molar refractivity (Wildman–Crippen MR) is 89.2 cm³/mol. The fourth-order valence-electron chi connectivity index (χ4n) is 2.99. The van der Waals surface area contributed by atoms with Crippen molar-refractivity contribution in [2.75, 3.05) is 13.2 Å². The maximum absolute atomic E-state index is 12.5. The van der Waals surface area contributed by atoms with Crippen LogP contribution < -0.4 is 0 Å². The number of rotatable bonds is 5. The molecule has 0 N–H and O–H groups in total. The van der Waals surface area contributed by atoms with Crippen molar-refractivity contribution >= 4 is 14.1 Å². The highest BCUT2D eigenvalue weighted by Gasteiger charge is 2.47. The van der Waals surface area contributed by atoms with Gasteiger partial charge < -0.3 is 13.9 Å². The van der Waals surface area contributed by atoms with Crippen LogP contribution in [0.5, 0.6) is 0 Å². The maximum atomic E-state index is 12.5. The Kier molecular flexibility index (Phi) is 5.32. The number of carbonyl (C=O) groups excluding carboxylic acids is 1. The summed E-state index contributed by atoms with van der Waals surface area (Å²) >= 11 is 0. The van der Waals surface area contributed by atoms with Gasteiger partial charge in [-0.25, -0.2) is 0 Å². The van der Waals surface area contributed by atoms with Crippen LogP contribution in [0.1, 0.15) is 33.6 Å². The molecule has 2 fully saturated rings. The molecule has 0 spiro atoms. The molecule has 2 aliphatic rings. The Bertz CT molecular complexity index is 421. The molecule has 5 heteroatoms. The summed E-state index contributed by atoms with van der Waals surface area (Å²) in [6.45, 7) is 16.3. The maximum Gasteiger partial charge on any atom is 0.192 e. The Balaban J connectivity index is 2.07. The van der Waals surface area contributed by atoms with Crippen LogP contribution in [-0.2, 0) is 18.7 Å². The minimum absolute atomic E-state index is 0.0442. The van der Waals surface area contributed by atoms with E-state index >= 15 is 0 Å². The summed E-state index contributed by atoms with van der Waals surface area (Å²) in [7, 11) is -1.89. The van der Waals surface area contributed by atoms with Gasteiger partial charge in [-0.3, -0.25) is 4.79 Å². The summed E-state index contributed by atoms with van der Waals surface area (Å²) in [6.07, 6.45) is 2.70. The standard InChI is InChI=1S/C17H30O4Si/c1-7-12-13(10-16-19-8-9-20-16)14(18)11-15(12)21-22(5,6)17(2,3)4/h7,12-13,15-16H,1,8-11H2,2-6H3/t12-,13-,15?/m1/s1. The van der Waals surface area contributed by atoms with Gasteiger partial charge in [-0.15, -0.1) is 6.58 Å². The Morgan fingerprint density at radius 3 is 2.41 bits per heavy atom. The molecule has 0 aromatic carbocycles. The summed E-state index contributed by atoms with van der Waals surface area (Å²) < 4.78 is 17.5. The largest absolute Gasteiger partial charge is 0.413 e. The lowest BCUT2D eigenvalue weighted by molar-refractivity contribution is -0.125. The topological polar surface area (TPSA) is 44.8 Å². The van der Waals surface area contributed by atoms with Crippen molar-refractivity contribution in [1.29, 1.82) is 0 Å². The van der Waals surface area contributed by atoms with Crippen molar-refractivity contribution in [2.45, 2.75) is 64.1 Å². The third-order valence-electron chi connectivity index (χ3n) is 5.37. The molecule has 126 valence electrons. The molecular formula is C17H30O4Si. The van der Waals surface area contributed by atoms with Gasteiger partial charge >= 0.3 is 0 Å². The molecule has 2 rings (SSSR count). The lowest BCUT2D eigenvalue weighted by Gasteiger charge is -2.39. The first-order valence-corrected chi connectivity index (χ1v) is 11.1. The minimum Gasteiger partial charge on any atom is -0.413 e. The van der Waals surface area contributed by atoms with Crippen molar-refractivity contribution in [3.05, 3.63) is 12.7 Å². The molecule has 0 radical (unpaired) electrons. The highest BCUT2D eigenvalue weighted by molar-refractivity contribution is 6.74. The van der Waals surface area contributed by atoms with Crippen LogP contribution in [0.25, 0.3) is 0 Å². The lowest BCUT2D eigenvalue weighted by atomic mass is 9.91. The van der Waals surface area contributed by atoms with Gasteiger partial charge in [0.25, 0.3) is 0 Å². The molecule has 1 saturated carbocycles. The monoisotopic (exact) mass is 326 g/mol. The summed E-state index contributed by atoms with van der Waals surface area (Å²) in [4.78, 5) is 12.5. The summed E-state index contributed by atoms with van der Waals surface area (Å²) in [6, 6.07) is 0. The van der Waals surface area contributed by atoms with Crippen molar-refractivity contribution < 1.29 is 18.7 Å². The Labute approximate surface area is 135 Å². The van der Waals surface area contributed by atoms with E-state index in [-0.39, 0.29) is 35.1 Å². The summed E-state index contributed by atoms with van der Waals surface area (Å²) in [5.74, 6) is 0.234. The van der Waals surface area contributed by atoms with E-state index in [1.807, 2.05) is 6.08 Å². The Morgan fingerprint density at radius 2 is 1.91 bits per heavy atom. The predicted octanol–water partition coefficient (Wildman–Crippen LogP) is 3.53. The molecular weight excluding hydrogens is 296 g/mol. The number of ether oxygens (including phenoxy) is 2. The number of ketones is 1. The van der Waals surface area contributed by atoms with E-state index in [4.69, 9.17) is 13.9 Å². The Morgan fingerprint density at radius 1 is 1.32 bits per heavy atom. The molecule has 1 saturated heterocycles.